The molecule has 0 radical (unpaired) electrons. The predicted molar refractivity (Wildman–Crippen MR) is 84.5 cm³/mol. The number of carboxylic acids is 1. The summed E-state index contributed by atoms with van der Waals surface area (Å²) in [5.74, 6) is -0.481. The minimum Gasteiger partial charge on any atom is -0.478 e. The molecule has 1 fully saturated rings. The summed E-state index contributed by atoms with van der Waals surface area (Å²) in [6.45, 7) is 3.00. The van der Waals surface area contributed by atoms with Gasteiger partial charge in [-0.25, -0.2) is 4.79 Å². The molecule has 1 amide bonds. The van der Waals surface area contributed by atoms with Crippen molar-refractivity contribution < 1.29 is 14.7 Å². The molecule has 1 aromatic rings. The Labute approximate surface area is 132 Å². The van der Waals surface area contributed by atoms with Gasteiger partial charge in [0.15, 0.2) is 0 Å². The van der Waals surface area contributed by atoms with Gasteiger partial charge in [-0.1, -0.05) is 13.3 Å². The van der Waals surface area contributed by atoms with Crippen LogP contribution in [-0.4, -0.2) is 29.6 Å². The van der Waals surface area contributed by atoms with E-state index in [1.165, 1.54) is 12.1 Å². The molecule has 0 saturated carbocycles. The van der Waals surface area contributed by atoms with Crippen LogP contribution in [0.2, 0.25) is 0 Å². The first-order chi connectivity index (χ1) is 10.0. The van der Waals surface area contributed by atoms with Crippen LogP contribution in [0.25, 0.3) is 0 Å². The maximum Gasteiger partial charge on any atom is 0.335 e. The zero-order valence-electron chi connectivity index (χ0n) is 11.9. The van der Waals surface area contributed by atoms with E-state index < -0.39 is 5.97 Å². The molecule has 5 nitrogen and oxygen atoms in total. The number of hydrogen-bond donors (Lipinski definition) is 3. The molecule has 114 valence electrons. The summed E-state index contributed by atoms with van der Waals surface area (Å²) in [7, 11) is 0. The average Bonchev–Trinajstić information content (AvgIpc) is 2.49. The first kappa shape index (κ1) is 16.0. The molecule has 1 heterocycles. The number of piperidine rings is 1. The molecule has 0 bridgehead atoms. The van der Waals surface area contributed by atoms with Crippen molar-refractivity contribution in [3.05, 3.63) is 28.2 Å². The van der Waals surface area contributed by atoms with E-state index in [2.05, 4.69) is 33.5 Å². The van der Waals surface area contributed by atoms with Crippen molar-refractivity contribution in [1.82, 2.24) is 5.32 Å². The Morgan fingerprint density at radius 1 is 1.48 bits per heavy atom. The highest BCUT2D eigenvalue weighted by atomic mass is 79.9. The minimum absolute atomic E-state index is 0.0723. The van der Waals surface area contributed by atoms with Gasteiger partial charge in [0, 0.05) is 4.47 Å². The quantitative estimate of drug-likeness (QED) is 0.776. The third kappa shape index (κ3) is 4.04. The number of hydrogen-bond acceptors (Lipinski definition) is 3. The number of nitrogens with one attached hydrogen (secondary N) is 2. The molecule has 21 heavy (non-hydrogen) atoms. The summed E-state index contributed by atoms with van der Waals surface area (Å²) in [6.07, 6.45) is 3.03. The van der Waals surface area contributed by atoms with Gasteiger partial charge in [-0.05, 0) is 59.4 Å². The highest BCUT2D eigenvalue weighted by Crippen LogP contribution is 2.25. The molecule has 2 rings (SSSR count). The number of aromatic carboxylic acids is 1. The number of benzene rings is 1. The lowest BCUT2D eigenvalue weighted by atomic mass is 9.90. The lowest BCUT2D eigenvalue weighted by Crippen LogP contribution is -2.46. The van der Waals surface area contributed by atoms with Gasteiger partial charge in [-0.15, -0.1) is 0 Å². The SMILES string of the molecule is CCC1CCNC(C(=O)Nc2ccc(C(=O)O)cc2Br)C1. The highest BCUT2D eigenvalue weighted by molar-refractivity contribution is 9.10. The predicted octanol–water partition coefficient (Wildman–Crippen LogP) is 2.86. The molecule has 2 atom stereocenters. The summed E-state index contributed by atoms with van der Waals surface area (Å²) in [6, 6.07) is 4.38. The van der Waals surface area contributed by atoms with Crippen molar-refractivity contribution in [1.29, 1.82) is 0 Å². The second-order valence-corrected chi connectivity index (χ2v) is 6.15. The lowest BCUT2D eigenvalue weighted by Gasteiger charge is -2.29. The fourth-order valence-corrected chi connectivity index (χ4v) is 3.01. The first-order valence-electron chi connectivity index (χ1n) is 7.08. The van der Waals surface area contributed by atoms with Crippen LogP contribution in [-0.2, 0) is 4.79 Å². The number of anilines is 1. The zero-order chi connectivity index (χ0) is 15.4. The summed E-state index contributed by atoms with van der Waals surface area (Å²) >= 11 is 3.30. The summed E-state index contributed by atoms with van der Waals surface area (Å²) < 4.78 is 0.568. The van der Waals surface area contributed by atoms with Crippen molar-refractivity contribution in [3.63, 3.8) is 0 Å². The molecule has 2 unspecified atom stereocenters. The number of halogens is 1. The summed E-state index contributed by atoms with van der Waals surface area (Å²) in [5, 5.41) is 15.0. The molecule has 1 saturated heterocycles. The highest BCUT2D eigenvalue weighted by Gasteiger charge is 2.26. The van der Waals surface area contributed by atoms with Gasteiger partial charge < -0.3 is 15.7 Å². The molecule has 6 heteroatoms. The second-order valence-electron chi connectivity index (χ2n) is 5.29. The largest absolute Gasteiger partial charge is 0.478 e. The third-order valence-corrected chi connectivity index (χ3v) is 4.54. The van der Waals surface area contributed by atoms with Crippen LogP contribution >= 0.6 is 15.9 Å². The van der Waals surface area contributed by atoms with Gasteiger partial charge in [0.05, 0.1) is 17.3 Å². The van der Waals surface area contributed by atoms with Crippen LogP contribution in [0.3, 0.4) is 0 Å². The maximum absolute atomic E-state index is 12.3. The van der Waals surface area contributed by atoms with Crippen LogP contribution in [0.15, 0.2) is 22.7 Å². The lowest BCUT2D eigenvalue weighted by molar-refractivity contribution is -0.119. The molecular formula is C15H19BrN2O3. The Morgan fingerprint density at radius 2 is 2.24 bits per heavy atom. The van der Waals surface area contributed by atoms with E-state index in [-0.39, 0.29) is 17.5 Å². The van der Waals surface area contributed by atoms with Gasteiger partial charge in [0.25, 0.3) is 0 Å². The van der Waals surface area contributed by atoms with Gasteiger partial charge in [0.2, 0.25) is 5.91 Å². The van der Waals surface area contributed by atoms with Crippen LogP contribution < -0.4 is 10.6 Å². The Balaban J connectivity index is 2.04. The van der Waals surface area contributed by atoms with Crippen molar-refractivity contribution >= 4 is 33.5 Å². The Bertz CT molecular complexity index is 548. The normalized spacial score (nSPS) is 21.8. The van der Waals surface area contributed by atoms with E-state index in [9.17, 15) is 9.59 Å². The fraction of sp³-hybridized carbons (Fsp3) is 0.467. The molecule has 0 spiro atoms. The van der Waals surface area contributed by atoms with Crippen LogP contribution in [0, 0.1) is 5.92 Å². The van der Waals surface area contributed by atoms with Gasteiger partial charge in [0.1, 0.15) is 0 Å². The van der Waals surface area contributed by atoms with Crippen molar-refractivity contribution in [2.24, 2.45) is 5.92 Å². The topological polar surface area (TPSA) is 78.4 Å². The Morgan fingerprint density at radius 3 is 2.86 bits per heavy atom. The molecule has 0 aromatic heterocycles. The van der Waals surface area contributed by atoms with E-state index in [1.54, 1.807) is 6.07 Å². The number of rotatable bonds is 4. The van der Waals surface area contributed by atoms with Crippen molar-refractivity contribution in [2.45, 2.75) is 32.2 Å². The van der Waals surface area contributed by atoms with Gasteiger partial charge in [-0.2, -0.15) is 0 Å². The first-order valence-corrected chi connectivity index (χ1v) is 7.87. The molecule has 3 N–H and O–H groups in total. The smallest absolute Gasteiger partial charge is 0.335 e. The Kier molecular flexibility index (Phi) is 5.36. The second kappa shape index (κ2) is 7.04. The van der Waals surface area contributed by atoms with E-state index in [0.717, 1.165) is 25.8 Å². The number of carbonyl (C=O) groups is 2. The number of carboxylic acid groups (broad SMARTS) is 1. The van der Waals surface area contributed by atoms with Gasteiger partial charge >= 0.3 is 5.97 Å². The van der Waals surface area contributed by atoms with Crippen LogP contribution in [0.4, 0.5) is 5.69 Å². The van der Waals surface area contributed by atoms with Crippen molar-refractivity contribution in [3.8, 4) is 0 Å². The Hall–Kier alpha value is -1.40. The fourth-order valence-electron chi connectivity index (χ4n) is 2.54. The molecule has 0 aliphatic carbocycles. The molecular weight excluding hydrogens is 336 g/mol. The monoisotopic (exact) mass is 354 g/mol. The minimum atomic E-state index is -0.992. The molecule has 1 aliphatic rings. The summed E-state index contributed by atoms with van der Waals surface area (Å²) in [5.41, 5.74) is 0.770. The molecule has 1 aliphatic heterocycles. The van der Waals surface area contributed by atoms with Gasteiger partial charge in [-0.3, -0.25) is 4.79 Å². The van der Waals surface area contributed by atoms with Crippen LogP contribution in [0.1, 0.15) is 36.5 Å². The van der Waals surface area contributed by atoms with Crippen molar-refractivity contribution in [2.75, 3.05) is 11.9 Å². The summed E-state index contributed by atoms with van der Waals surface area (Å²) in [4.78, 5) is 23.2. The zero-order valence-corrected chi connectivity index (χ0v) is 13.4. The average molecular weight is 355 g/mol. The number of carbonyl (C=O) groups excluding carboxylic acids is 1. The maximum atomic E-state index is 12.3. The van der Waals surface area contributed by atoms with E-state index in [1.807, 2.05) is 0 Å². The van der Waals surface area contributed by atoms with E-state index >= 15 is 0 Å². The van der Waals surface area contributed by atoms with E-state index in [4.69, 9.17) is 5.11 Å². The van der Waals surface area contributed by atoms with Crippen LogP contribution in [0.5, 0.6) is 0 Å². The molecule has 1 aromatic carbocycles. The third-order valence-electron chi connectivity index (χ3n) is 3.88. The standard InChI is InChI=1S/C15H19BrN2O3/c1-2-9-5-6-17-13(7-9)14(19)18-12-4-3-10(15(20)21)8-11(12)16/h3-4,8-9,13,17H,2,5-7H2,1H3,(H,18,19)(H,20,21). The van der Waals surface area contributed by atoms with E-state index in [0.29, 0.717) is 16.1 Å². The number of amides is 1.